The molecule has 5 heteroatoms. The number of benzene rings is 1. The van der Waals surface area contributed by atoms with Crippen molar-refractivity contribution in [2.75, 3.05) is 13.7 Å². The van der Waals surface area contributed by atoms with Crippen molar-refractivity contribution in [2.45, 2.75) is 19.4 Å². The van der Waals surface area contributed by atoms with Gasteiger partial charge in [-0.2, -0.15) is 0 Å². The number of hydrogen-bond donors (Lipinski definition) is 2. The maximum absolute atomic E-state index is 13.5. The van der Waals surface area contributed by atoms with E-state index in [0.717, 1.165) is 0 Å². The minimum Gasteiger partial charge on any atom is -0.494 e. The Labute approximate surface area is 100.0 Å². The summed E-state index contributed by atoms with van der Waals surface area (Å²) >= 11 is 0. The molecule has 94 valence electrons. The summed E-state index contributed by atoms with van der Waals surface area (Å²) in [6.45, 7) is 2.58. The minimum absolute atomic E-state index is 0.139. The summed E-state index contributed by atoms with van der Waals surface area (Å²) in [5, 5.41) is 3.09. The smallest absolute Gasteiger partial charge is 0.219 e. The van der Waals surface area contributed by atoms with E-state index in [1.54, 1.807) is 6.07 Å². The summed E-state index contributed by atoms with van der Waals surface area (Å²) in [6.07, 6.45) is 0.139. The van der Waals surface area contributed by atoms with Crippen LogP contribution in [0.25, 0.3) is 0 Å². The van der Waals surface area contributed by atoms with Gasteiger partial charge < -0.3 is 15.8 Å². The molecule has 0 aromatic heterocycles. The molecule has 3 N–H and O–H groups in total. The Morgan fingerprint density at radius 1 is 1.59 bits per heavy atom. The van der Waals surface area contributed by atoms with Gasteiger partial charge in [0.2, 0.25) is 5.91 Å². The van der Waals surface area contributed by atoms with Crippen molar-refractivity contribution in [1.82, 2.24) is 5.32 Å². The van der Waals surface area contributed by atoms with E-state index in [9.17, 15) is 9.18 Å². The number of hydrogen-bond acceptors (Lipinski definition) is 3. The predicted octanol–water partition coefficient (Wildman–Crippen LogP) is 1.36. The van der Waals surface area contributed by atoms with E-state index < -0.39 is 11.7 Å². The van der Waals surface area contributed by atoms with Crippen LogP contribution in [0, 0.1) is 5.82 Å². The van der Waals surface area contributed by atoms with Crippen LogP contribution in [0.2, 0.25) is 0 Å². The maximum Gasteiger partial charge on any atom is 0.219 e. The van der Waals surface area contributed by atoms with E-state index in [2.05, 4.69) is 5.32 Å². The SMILES string of the molecule is CCNC(CC(N)=O)c1ccc(OC)c(F)c1. The molecule has 0 heterocycles. The van der Waals surface area contributed by atoms with E-state index in [1.807, 2.05) is 6.92 Å². The average Bonchev–Trinajstić information content (AvgIpc) is 2.28. The molecule has 0 fully saturated rings. The summed E-state index contributed by atoms with van der Waals surface area (Å²) in [6, 6.07) is 4.35. The van der Waals surface area contributed by atoms with Crippen molar-refractivity contribution in [1.29, 1.82) is 0 Å². The number of nitrogens with two attached hydrogens (primary N) is 1. The molecule has 1 rings (SSSR count). The quantitative estimate of drug-likeness (QED) is 0.789. The molecule has 0 aliphatic heterocycles. The van der Waals surface area contributed by atoms with Crippen molar-refractivity contribution in [3.8, 4) is 5.75 Å². The fraction of sp³-hybridized carbons (Fsp3) is 0.417. The number of nitrogens with one attached hydrogen (secondary N) is 1. The van der Waals surface area contributed by atoms with Gasteiger partial charge in [-0.1, -0.05) is 13.0 Å². The van der Waals surface area contributed by atoms with Gasteiger partial charge in [0, 0.05) is 12.5 Å². The first-order valence-corrected chi connectivity index (χ1v) is 5.43. The number of ether oxygens (including phenoxy) is 1. The van der Waals surface area contributed by atoms with Crippen LogP contribution in [0.1, 0.15) is 24.9 Å². The standard InChI is InChI=1S/C12H17FN2O2/c1-3-15-10(7-12(14)16)8-4-5-11(17-2)9(13)6-8/h4-6,10,15H,3,7H2,1-2H3,(H2,14,16). The highest BCUT2D eigenvalue weighted by atomic mass is 19.1. The first-order chi connectivity index (χ1) is 8.08. The molecule has 0 spiro atoms. The summed E-state index contributed by atoms with van der Waals surface area (Å²) in [4.78, 5) is 10.9. The zero-order chi connectivity index (χ0) is 12.8. The van der Waals surface area contributed by atoms with Gasteiger partial charge >= 0.3 is 0 Å². The van der Waals surface area contributed by atoms with Crippen LogP contribution in [0.4, 0.5) is 4.39 Å². The highest BCUT2D eigenvalue weighted by Gasteiger charge is 2.15. The molecular weight excluding hydrogens is 223 g/mol. The second kappa shape index (κ2) is 6.20. The summed E-state index contributed by atoms with van der Waals surface area (Å²) in [7, 11) is 1.41. The Hall–Kier alpha value is -1.62. The van der Waals surface area contributed by atoms with Crippen LogP contribution in [0.3, 0.4) is 0 Å². The molecule has 17 heavy (non-hydrogen) atoms. The third kappa shape index (κ3) is 3.71. The first kappa shape index (κ1) is 13.4. The van der Waals surface area contributed by atoms with Crippen LogP contribution in [0.5, 0.6) is 5.75 Å². The lowest BCUT2D eigenvalue weighted by atomic mass is 10.0. The number of halogens is 1. The number of amides is 1. The lowest BCUT2D eigenvalue weighted by Crippen LogP contribution is -2.26. The van der Waals surface area contributed by atoms with Crippen molar-refractivity contribution < 1.29 is 13.9 Å². The molecule has 1 amide bonds. The summed E-state index contributed by atoms with van der Waals surface area (Å²) in [5.74, 6) is -0.687. The topological polar surface area (TPSA) is 64.3 Å². The van der Waals surface area contributed by atoms with Crippen molar-refractivity contribution in [3.63, 3.8) is 0 Å². The Bertz CT molecular complexity index is 396. The van der Waals surface area contributed by atoms with E-state index >= 15 is 0 Å². The Kier molecular flexibility index (Phi) is 4.90. The molecule has 0 saturated heterocycles. The van der Waals surface area contributed by atoms with E-state index in [0.29, 0.717) is 12.1 Å². The van der Waals surface area contributed by atoms with Crippen LogP contribution < -0.4 is 15.8 Å². The van der Waals surface area contributed by atoms with Gasteiger partial charge in [0.15, 0.2) is 11.6 Å². The number of rotatable bonds is 6. The molecule has 1 atom stereocenters. The molecule has 1 aromatic carbocycles. The average molecular weight is 240 g/mol. The fourth-order valence-electron chi connectivity index (χ4n) is 1.65. The number of methoxy groups -OCH3 is 1. The highest BCUT2D eigenvalue weighted by molar-refractivity contribution is 5.74. The zero-order valence-corrected chi connectivity index (χ0v) is 10.00. The molecule has 1 aromatic rings. The molecule has 0 aliphatic rings. The predicted molar refractivity (Wildman–Crippen MR) is 63.2 cm³/mol. The molecular formula is C12H17FN2O2. The van der Waals surface area contributed by atoms with Gasteiger partial charge in [0.1, 0.15) is 0 Å². The van der Waals surface area contributed by atoms with Gasteiger partial charge in [0.25, 0.3) is 0 Å². The normalized spacial score (nSPS) is 12.2. The van der Waals surface area contributed by atoms with Gasteiger partial charge in [-0.25, -0.2) is 4.39 Å². The van der Waals surface area contributed by atoms with Gasteiger partial charge in [-0.3, -0.25) is 4.79 Å². The lowest BCUT2D eigenvalue weighted by molar-refractivity contribution is -0.118. The van der Waals surface area contributed by atoms with E-state index in [4.69, 9.17) is 10.5 Å². The van der Waals surface area contributed by atoms with E-state index in [1.165, 1.54) is 19.2 Å². The van der Waals surface area contributed by atoms with Gasteiger partial charge in [-0.05, 0) is 24.2 Å². The number of carbonyl (C=O) groups is 1. The van der Waals surface area contributed by atoms with Crippen LogP contribution >= 0.6 is 0 Å². The number of primary amides is 1. The third-order valence-electron chi connectivity index (χ3n) is 2.43. The van der Waals surface area contributed by atoms with Gasteiger partial charge in [0.05, 0.1) is 7.11 Å². The zero-order valence-electron chi connectivity index (χ0n) is 10.00. The number of carbonyl (C=O) groups excluding carboxylic acids is 1. The monoisotopic (exact) mass is 240 g/mol. The van der Waals surface area contributed by atoms with Crippen LogP contribution in [-0.4, -0.2) is 19.6 Å². The molecule has 4 nitrogen and oxygen atoms in total. The van der Waals surface area contributed by atoms with Crippen molar-refractivity contribution >= 4 is 5.91 Å². The largest absolute Gasteiger partial charge is 0.494 e. The van der Waals surface area contributed by atoms with Crippen LogP contribution in [-0.2, 0) is 4.79 Å². The lowest BCUT2D eigenvalue weighted by Gasteiger charge is -2.17. The Balaban J connectivity index is 2.93. The second-order valence-corrected chi connectivity index (χ2v) is 3.67. The van der Waals surface area contributed by atoms with Crippen molar-refractivity contribution in [2.24, 2.45) is 5.73 Å². The Morgan fingerprint density at radius 3 is 2.76 bits per heavy atom. The molecule has 0 saturated carbocycles. The maximum atomic E-state index is 13.5. The molecule has 0 radical (unpaired) electrons. The Morgan fingerprint density at radius 2 is 2.29 bits per heavy atom. The molecule has 0 bridgehead atoms. The van der Waals surface area contributed by atoms with E-state index in [-0.39, 0.29) is 18.2 Å². The minimum atomic E-state index is -0.447. The molecule has 0 aliphatic carbocycles. The molecule has 1 unspecified atom stereocenters. The summed E-state index contributed by atoms with van der Waals surface area (Å²) in [5.41, 5.74) is 5.84. The van der Waals surface area contributed by atoms with Crippen LogP contribution in [0.15, 0.2) is 18.2 Å². The third-order valence-corrected chi connectivity index (χ3v) is 2.43. The first-order valence-electron chi connectivity index (χ1n) is 5.43. The fourth-order valence-corrected chi connectivity index (χ4v) is 1.65. The highest BCUT2D eigenvalue weighted by Crippen LogP contribution is 2.23. The van der Waals surface area contributed by atoms with Crippen molar-refractivity contribution in [3.05, 3.63) is 29.6 Å². The second-order valence-electron chi connectivity index (χ2n) is 3.67. The van der Waals surface area contributed by atoms with Gasteiger partial charge in [-0.15, -0.1) is 0 Å². The summed E-state index contributed by atoms with van der Waals surface area (Å²) < 4.78 is 18.4.